The predicted molar refractivity (Wildman–Crippen MR) is 68.9 cm³/mol. The fourth-order valence-electron chi connectivity index (χ4n) is 2.61. The average molecular weight is 302 g/mol. The van der Waals surface area contributed by atoms with Crippen LogP contribution >= 0.6 is 11.6 Å². The quantitative estimate of drug-likeness (QED) is 0.874. The Balaban J connectivity index is 2.00. The van der Waals surface area contributed by atoms with Crippen molar-refractivity contribution in [3.8, 4) is 11.5 Å². The van der Waals surface area contributed by atoms with Crippen LogP contribution in [0.3, 0.4) is 0 Å². The summed E-state index contributed by atoms with van der Waals surface area (Å²) < 4.78 is 25.2. The molecule has 1 saturated heterocycles. The van der Waals surface area contributed by atoms with Crippen LogP contribution in [0.2, 0.25) is 5.02 Å². The number of carbonyl (C=O) groups is 1. The molecule has 0 aliphatic carbocycles. The van der Waals surface area contributed by atoms with Gasteiger partial charge in [-0.05, 0) is 6.42 Å². The van der Waals surface area contributed by atoms with E-state index in [0.717, 1.165) is 0 Å². The van der Waals surface area contributed by atoms with Crippen molar-refractivity contribution >= 4 is 17.6 Å². The van der Waals surface area contributed by atoms with Crippen LogP contribution in [0.5, 0.6) is 11.5 Å². The van der Waals surface area contributed by atoms with E-state index >= 15 is 0 Å². The number of ether oxygens (including phenoxy) is 2. The molecule has 108 valence electrons. The minimum Gasteiger partial charge on any atom is -0.486 e. The van der Waals surface area contributed by atoms with Crippen LogP contribution in [0.1, 0.15) is 18.0 Å². The van der Waals surface area contributed by atoms with Crippen molar-refractivity contribution < 1.29 is 23.8 Å². The maximum atomic E-state index is 14.3. The lowest BCUT2D eigenvalue weighted by Gasteiger charge is -2.24. The Morgan fingerprint density at radius 2 is 2.20 bits per heavy atom. The van der Waals surface area contributed by atoms with E-state index in [1.54, 1.807) is 0 Å². The highest BCUT2D eigenvalue weighted by atomic mass is 35.5. The van der Waals surface area contributed by atoms with Crippen LogP contribution in [0.15, 0.2) is 6.07 Å². The first-order valence-electron chi connectivity index (χ1n) is 6.31. The Labute approximate surface area is 119 Å². The number of halogens is 2. The fourth-order valence-corrected chi connectivity index (χ4v) is 2.81. The number of carboxylic acid groups (broad SMARTS) is 1. The smallest absolute Gasteiger partial charge is 0.307 e. The number of rotatable bonds is 2. The summed E-state index contributed by atoms with van der Waals surface area (Å²) in [5, 5.41) is 12.0. The molecule has 0 aromatic heterocycles. The van der Waals surface area contributed by atoms with Gasteiger partial charge in [-0.1, -0.05) is 11.6 Å². The van der Waals surface area contributed by atoms with Gasteiger partial charge in [0.1, 0.15) is 13.2 Å². The first-order valence-corrected chi connectivity index (χ1v) is 6.69. The molecule has 0 spiro atoms. The molecule has 0 amide bonds. The Kier molecular flexibility index (Phi) is 3.43. The van der Waals surface area contributed by atoms with Crippen LogP contribution in [-0.4, -0.2) is 30.8 Å². The van der Waals surface area contributed by atoms with Crippen LogP contribution in [0, 0.1) is 11.7 Å². The number of hydrogen-bond acceptors (Lipinski definition) is 4. The van der Waals surface area contributed by atoms with E-state index in [9.17, 15) is 9.18 Å². The molecule has 1 fully saturated rings. The minimum absolute atomic E-state index is 0.0511. The second-order valence-corrected chi connectivity index (χ2v) is 5.25. The molecule has 2 unspecified atom stereocenters. The lowest BCUT2D eigenvalue weighted by Crippen LogP contribution is -2.21. The Hall–Kier alpha value is -1.53. The van der Waals surface area contributed by atoms with Gasteiger partial charge in [-0.15, -0.1) is 0 Å². The lowest BCUT2D eigenvalue weighted by molar-refractivity contribution is -0.141. The second kappa shape index (κ2) is 5.10. The van der Waals surface area contributed by atoms with Crippen LogP contribution in [-0.2, 0) is 4.79 Å². The molecule has 0 saturated carbocycles. The summed E-state index contributed by atoms with van der Waals surface area (Å²) in [4.78, 5) is 11.0. The molecule has 2 heterocycles. The van der Waals surface area contributed by atoms with E-state index in [0.29, 0.717) is 37.7 Å². The van der Waals surface area contributed by atoms with Gasteiger partial charge < -0.3 is 19.9 Å². The Bertz CT molecular complexity index is 566. The largest absolute Gasteiger partial charge is 0.486 e. The van der Waals surface area contributed by atoms with Gasteiger partial charge >= 0.3 is 5.97 Å². The molecule has 1 aromatic rings. The molecule has 1 aromatic carbocycles. The minimum atomic E-state index is -0.895. The van der Waals surface area contributed by atoms with Crippen molar-refractivity contribution in [2.75, 3.05) is 19.8 Å². The highest BCUT2D eigenvalue weighted by Crippen LogP contribution is 2.44. The van der Waals surface area contributed by atoms with Gasteiger partial charge in [-0.2, -0.15) is 0 Å². The SMILES string of the molecule is O=C(O)C1CNC(c2c(F)c(Cl)cc3c2OCCO3)C1. The first kappa shape index (κ1) is 13.5. The topological polar surface area (TPSA) is 67.8 Å². The van der Waals surface area contributed by atoms with Crippen molar-refractivity contribution in [2.24, 2.45) is 5.92 Å². The van der Waals surface area contributed by atoms with Gasteiger partial charge in [-0.25, -0.2) is 4.39 Å². The molecule has 20 heavy (non-hydrogen) atoms. The highest BCUT2D eigenvalue weighted by Gasteiger charge is 2.36. The van der Waals surface area contributed by atoms with Crippen molar-refractivity contribution in [1.29, 1.82) is 0 Å². The zero-order chi connectivity index (χ0) is 14.3. The fraction of sp³-hybridized carbons (Fsp3) is 0.462. The molecule has 2 N–H and O–H groups in total. The molecule has 2 atom stereocenters. The van der Waals surface area contributed by atoms with Gasteiger partial charge in [0.2, 0.25) is 0 Å². The zero-order valence-corrected chi connectivity index (χ0v) is 11.2. The predicted octanol–water partition coefficient (Wildman–Crippen LogP) is 1.99. The van der Waals surface area contributed by atoms with E-state index in [2.05, 4.69) is 5.32 Å². The Morgan fingerprint density at radius 3 is 2.90 bits per heavy atom. The molecule has 2 aliphatic rings. The van der Waals surface area contributed by atoms with Crippen LogP contribution in [0.25, 0.3) is 0 Å². The molecule has 2 aliphatic heterocycles. The standard InChI is InChI=1S/C13H13ClFNO4/c14-7-4-9-12(20-2-1-19-9)10(11(7)15)8-3-6(5-16-8)13(17)18/h4,6,8,16H,1-3,5H2,(H,17,18). The van der Waals surface area contributed by atoms with Crippen molar-refractivity contribution in [1.82, 2.24) is 5.32 Å². The molecule has 0 radical (unpaired) electrons. The maximum absolute atomic E-state index is 14.3. The number of benzene rings is 1. The number of carboxylic acids is 1. The number of hydrogen-bond donors (Lipinski definition) is 2. The second-order valence-electron chi connectivity index (χ2n) is 4.84. The molecule has 3 rings (SSSR count). The Morgan fingerprint density at radius 1 is 1.45 bits per heavy atom. The van der Waals surface area contributed by atoms with Gasteiger partial charge in [0.25, 0.3) is 0 Å². The third-order valence-electron chi connectivity index (χ3n) is 3.59. The van der Waals surface area contributed by atoms with Gasteiger partial charge in [0.15, 0.2) is 17.3 Å². The van der Waals surface area contributed by atoms with Gasteiger partial charge in [0.05, 0.1) is 16.5 Å². The summed E-state index contributed by atoms with van der Waals surface area (Å²) in [5.41, 5.74) is 0.260. The van der Waals surface area contributed by atoms with Crippen molar-refractivity contribution in [2.45, 2.75) is 12.5 Å². The lowest BCUT2D eigenvalue weighted by atomic mass is 9.98. The third-order valence-corrected chi connectivity index (χ3v) is 3.86. The third kappa shape index (κ3) is 2.19. The van der Waals surface area contributed by atoms with E-state index in [1.807, 2.05) is 0 Å². The molecule has 7 heteroatoms. The summed E-state index contributed by atoms with van der Waals surface area (Å²) in [6.45, 7) is 1.00. The molecule has 5 nitrogen and oxygen atoms in total. The van der Waals surface area contributed by atoms with E-state index in [1.165, 1.54) is 6.07 Å². The maximum Gasteiger partial charge on any atom is 0.307 e. The van der Waals surface area contributed by atoms with Crippen LogP contribution in [0.4, 0.5) is 4.39 Å². The number of fused-ring (bicyclic) bond motifs is 1. The highest BCUT2D eigenvalue weighted by molar-refractivity contribution is 6.31. The van der Waals surface area contributed by atoms with Gasteiger partial charge in [-0.3, -0.25) is 4.79 Å². The summed E-state index contributed by atoms with van der Waals surface area (Å²) in [6.07, 6.45) is 0.294. The van der Waals surface area contributed by atoms with Gasteiger partial charge in [0, 0.05) is 18.7 Å². The number of aliphatic carboxylic acids is 1. The van der Waals surface area contributed by atoms with Crippen molar-refractivity contribution in [3.05, 3.63) is 22.5 Å². The number of nitrogens with one attached hydrogen (secondary N) is 1. The molecular formula is C13H13ClFNO4. The summed E-state index contributed by atoms with van der Waals surface area (Å²) in [5.74, 6) is -1.30. The monoisotopic (exact) mass is 301 g/mol. The van der Waals surface area contributed by atoms with E-state index in [4.69, 9.17) is 26.2 Å². The summed E-state index contributed by atoms with van der Waals surface area (Å²) >= 11 is 5.87. The van der Waals surface area contributed by atoms with Crippen LogP contribution < -0.4 is 14.8 Å². The van der Waals surface area contributed by atoms with E-state index in [-0.39, 0.29) is 10.6 Å². The first-order chi connectivity index (χ1) is 9.58. The summed E-state index contributed by atoms with van der Waals surface area (Å²) in [7, 11) is 0. The molecule has 0 bridgehead atoms. The normalized spacial score (nSPS) is 24.7. The van der Waals surface area contributed by atoms with E-state index < -0.39 is 23.7 Å². The summed E-state index contributed by atoms with van der Waals surface area (Å²) in [6, 6.07) is 0.948. The van der Waals surface area contributed by atoms with Crippen molar-refractivity contribution in [3.63, 3.8) is 0 Å². The molecular weight excluding hydrogens is 289 g/mol. The average Bonchev–Trinajstić information content (AvgIpc) is 2.90. The zero-order valence-electron chi connectivity index (χ0n) is 10.5.